The molecule has 0 aromatic heterocycles. The minimum absolute atomic E-state index is 0.0702. The summed E-state index contributed by atoms with van der Waals surface area (Å²) in [5.41, 5.74) is -0.215. The van der Waals surface area contributed by atoms with Crippen molar-refractivity contribution in [2.45, 2.75) is 19.4 Å². The Balaban J connectivity index is 1.82. The van der Waals surface area contributed by atoms with E-state index in [0.29, 0.717) is 39.3 Å². The molecule has 0 spiro atoms. The minimum atomic E-state index is -3.15. The Bertz CT molecular complexity index is 484. The van der Waals surface area contributed by atoms with Gasteiger partial charge in [-0.15, -0.1) is 0 Å². The van der Waals surface area contributed by atoms with Crippen molar-refractivity contribution < 1.29 is 17.9 Å². The number of piperazine rings is 1. The fraction of sp³-hybridized carbons (Fsp3) is 0.923. The Hall–Kier alpha value is -0.700. The molecule has 122 valence electrons. The van der Waals surface area contributed by atoms with E-state index in [0.717, 1.165) is 13.1 Å². The van der Waals surface area contributed by atoms with Crippen LogP contribution < -0.4 is 0 Å². The third kappa shape index (κ3) is 4.64. The van der Waals surface area contributed by atoms with E-state index in [2.05, 4.69) is 4.90 Å². The van der Waals surface area contributed by atoms with Crippen molar-refractivity contribution in [3.63, 3.8) is 0 Å². The summed E-state index contributed by atoms with van der Waals surface area (Å²) in [4.78, 5) is 16.2. The number of hydrogen-bond acceptors (Lipinski definition) is 5. The standard InChI is InChI=1S/C13H25N3O4S/c1-13(2)11-14(8-9-20-13)10-12(17)15-4-6-16(7-5-15)21(3,18)19/h4-11H2,1-3H3. The molecule has 0 bridgehead atoms. The van der Waals surface area contributed by atoms with Gasteiger partial charge in [0, 0.05) is 39.3 Å². The SMILES string of the molecule is CC1(C)CN(CC(=O)N2CCN(S(C)(=O)=O)CC2)CCO1. The molecule has 0 atom stereocenters. The second-order valence-electron chi connectivity index (χ2n) is 6.36. The van der Waals surface area contributed by atoms with E-state index in [4.69, 9.17) is 4.74 Å². The van der Waals surface area contributed by atoms with Crippen LogP contribution >= 0.6 is 0 Å². The summed E-state index contributed by atoms with van der Waals surface area (Å²) in [6, 6.07) is 0. The number of carbonyl (C=O) groups excluding carboxylic acids is 1. The normalized spacial score (nSPS) is 25.0. The van der Waals surface area contributed by atoms with Gasteiger partial charge in [-0.2, -0.15) is 4.31 Å². The van der Waals surface area contributed by atoms with E-state index in [1.165, 1.54) is 10.6 Å². The molecule has 8 heteroatoms. The van der Waals surface area contributed by atoms with Gasteiger partial charge in [0.2, 0.25) is 15.9 Å². The molecule has 7 nitrogen and oxygen atoms in total. The zero-order chi connectivity index (χ0) is 15.7. The van der Waals surface area contributed by atoms with E-state index in [1.807, 2.05) is 13.8 Å². The molecule has 0 aromatic carbocycles. The molecule has 0 unspecified atom stereocenters. The lowest BCUT2D eigenvalue weighted by Crippen LogP contribution is -2.55. The predicted molar refractivity (Wildman–Crippen MR) is 79.5 cm³/mol. The second kappa shape index (κ2) is 6.20. The summed E-state index contributed by atoms with van der Waals surface area (Å²) in [7, 11) is -3.15. The highest BCUT2D eigenvalue weighted by molar-refractivity contribution is 7.88. The fourth-order valence-electron chi connectivity index (χ4n) is 2.81. The first-order valence-electron chi connectivity index (χ1n) is 7.27. The third-order valence-corrected chi connectivity index (χ3v) is 5.23. The summed E-state index contributed by atoms with van der Waals surface area (Å²) in [6.07, 6.45) is 1.21. The van der Waals surface area contributed by atoms with E-state index < -0.39 is 10.0 Å². The molecule has 0 aliphatic carbocycles. The lowest BCUT2D eigenvalue weighted by atomic mass is 10.1. The van der Waals surface area contributed by atoms with Crippen LogP contribution in [0, 0.1) is 0 Å². The van der Waals surface area contributed by atoms with Crippen LogP contribution in [0.5, 0.6) is 0 Å². The van der Waals surface area contributed by atoms with Crippen LogP contribution in [0.15, 0.2) is 0 Å². The number of nitrogens with zero attached hydrogens (tertiary/aromatic N) is 3. The molecular weight excluding hydrogens is 294 g/mol. The van der Waals surface area contributed by atoms with E-state index in [-0.39, 0.29) is 11.5 Å². The molecule has 2 aliphatic rings. The molecule has 1 amide bonds. The summed E-state index contributed by atoms with van der Waals surface area (Å²) < 4.78 is 30.0. The van der Waals surface area contributed by atoms with Crippen molar-refractivity contribution in [3.05, 3.63) is 0 Å². The van der Waals surface area contributed by atoms with Gasteiger partial charge >= 0.3 is 0 Å². The first kappa shape index (κ1) is 16.7. The Labute approximate surface area is 126 Å². The number of carbonyl (C=O) groups is 1. The highest BCUT2D eigenvalue weighted by Gasteiger charge is 2.31. The van der Waals surface area contributed by atoms with Crippen molar-refractivity contribution in [3.8, 4) is 0 Å². The molecule has 21 heavy (non-hydrogen) atoms. The van der Waals surface area contributed by atoms with Crippen molar-refractivity contribution in [2.24, 2.45) is 0 Å². The number of rotatable bonds is 3. The zero-order valence-corrected chi connectivity index (χ0v) is 13.9. The Morgan fingerprint density at radius 3 is 2.29 bits per heavy atom. The molecular formula is C13H25N3O4S. The van der Waals surface area contributed by atoms with Crippen LogP contribution in [0.2, 0.25) is 0 Å². The maximum atomic E-state index is 12.3. The molecule has 2 fully saturated rings. The van der Waals surface area contributed by atoms with Crippen LogP contribution in [0.3, 0.4) is 0 Å². The maximum absolute atomic E-state index is 12.3. The second-order valence-corrected chi connectivity index (χ2v) is 8.34. The lowest BCUT2D eigenvalue weighted by molar-refractivity contribution is -0.138. The average Bonchev–Trinajstić information content (AvgIpc) is 2.36. The van der Waals surface area contributed by atoms with E-state index in [1.54, 1.807) is 4.90 Å². The lowest BCUT2D eigenvalue weighted by Gasteiger charge is -2.39. The van der Waals surface area contributed by atoms with Gasteiger partial charge < -0.3 is 9.64 Å². The van der Waals surface area contributed by atoms with E-state index in [9.17, 15) is 13.2 Å². The Morgan fingerprint density at radius 2 is 1.76 bits per heavy atom. The molecule has 2 heterocycles. The highest BCUT2D eigenvalue weighted by Crippen LogP contribution is 2.16. The van der Waals surface area contributed by atoms with Gasteiger partial charge in [0.25, 0.3) is 0 Å². The summed E-state index contributed by atoms with van der Waals surface area (Å²) in [5, 5.41) is 0. The average molecular weight is 319 g/mol. The van der Waals surface area contributed by atoms with Gasteiger partial charge in [-0.25, -0.2) is 8.42 Å². The fourth-order valence-corrected chi connectivity index (χ4v) is 3.64. The van der Waals surface area contributed by atoms with Gasteiger partial charge in [-0.05, 0) is 13.8 Å². The van der Waals surface area contributed by atoms with Crippen LogP contribution in [-0.2, 0) is 19.6 Å². The Morgan fingerprint density at radius 1 is 1.14 bits per heavy atom. The summed E-state index contributed by atoms with van der Waals surface area (Å²) in [6.45, 7) is 8.29. The van der Waals surface area contributed by atoms with Gasteiger partial charge in [0.1, 0.15) is 0 Å². The molecule has 0 N–H and O–H groups in total. The van der Waals surface area contributed by atoms with Crippen LogP contribution in [-0.4, -0.2) is 92.7 Å². The van der Waals surface area contributed by atoms with Crippen molar-refractivity contribution in [1.29, 1.82) is 0 Å². The number of ether oxygens (including phenoxy) is 1. The number of sulfonamides is 1. The minimum Gasteiger partial charge on any atom is -0.373 e. The van der Waals surface area contributed by atoms with Crippen LogP contribution in [0.1, 0.15) is 13.8 Å². The smallest absolute Gasteiger partial charge is 0.236 e. The number of hydrogen-bond donors (Lipinski definition) is 0. The number of amides is 1. The summed E-state index contributed by atoms with van der Waals surface area (Å²) >= 11 is 0. The van der Waals surface area contributed by atoms with Gasteiger partial charge in [0.05, 0.1) is 25.0 Å². The molecule has 2 rings (SSSR count). The largest absolute Gasteiger partial charge is 0.373 e. The summed E-state index contributed by atoms with van der Waals surface area (Å²) in [5.74, 6) is 0.0702. The Kier molecular flexibility index (Phi) is 4.92. The van der Waals surface area contributed by atoms with Gasteiger partial charge in [-0.3, -0.25) is 9.69 Å². The molecule has 0 saturated carbocycles. The van der Waals surface area contributed by atoms with Gasteiger partial charge in [0.15, 0.2) is 0 Å². The quantitative estimate of drug-likeness (QED) is 0.681. The maximum Gasteiger partial charge on any atom is 0.236 e. The third-order valence-electron chi connectivity index (χ3n) is 3.92. The van der Waals surface area contributed by atoms with Crippen LogP contribution in [0.25, 0.3) is 0 Å². The molecule has 0 radical (unpaired) electrons. The number of morpholine rings is 1. The molecule has 0 aromatic rings. The van der Waals surface area contributed by atoms with E-state index >= 15 is 0 Å². The zero-order valence-electron chi connectivity index (χ0n) is 13.0. The van der Waals surface area contributed by atoms with Crippen LogP contribution in [0.4, 0.5) is 0 Å². The van der Waals surface area contributed by atoms with Crippen molar-refractivity contribution >= 4 is 15.9 Å². The monoisotopic (exact) mass is 319 g/mol. The topological polar surface area (TPSA) is 70.2 Å². The van der Waals surface area contributed by atoms with Crippen molar-refractivity contribution in [1.82, 2.24) is 14.1 Å². The predicted octanol–water partition coefficient (Wildman–Crippen LogP) is -0.799. The van der Waals surface area contributed by atoms with Crippen molar-refractivity contribution in [2.75, 3.05) is 58.7 Å². The first-order valence-corrected chi connectivity index (χ1v) is 9.11. The first-order chi connectivity index (χ1) is 9.67. The van der Waals surface area contributed by atoms with Gasteiger partial charge in [-0.1, -0.05) is 0 Å². The highest BCUT2D eigenvalue weighted by atomic mass is 32.2. The molecule has 2 aliphatic heterocycles. The molecule has 2 saturated heterocycles.